The Hall–Kier alpha value is -3.03. The Bertz CT molecular complexity index is 1100. The molecule has 2 aromatic carbocycles. The van der Waals surface area contributed by atoms with E-state index in [2.05, 4.69) is 0 Å². The second-order valence-corrected chi connectivity index (χ2v) is 10.2. The van der Waals surface area contributed by atoms with E-state index in [-0.39, 0.29) is 18.1 Å². The highest BCUT2D eigenvalue weighted by molar-refractivity contribution is 5.91. The van der Waals surface area contributed by atoms with E-state index >= 15 is 4.39 Å². The van der Waals surface area contributed by atoms with Crippen LogP contribution in [0.2, 0.25) is 0 Å². The van der Waals surface area contributed by atoms with Crippen LogP contribution in [0.25, 0.3) is 0 Å². The molecule has 0 aliphatic heterocycles. The molecule has 1 unspecified atom stereocenters. The number of alkyl halides is 1. The fourth-order valence-corrected chi connectivity index (χ4v) is 5.25. The lowest BCUT2D eigenvalue weighted by Gasteiger charge is -2.39. The molecule has 1 aliphatic rings. The summed E-state index contributed by atoms with van der Waals surface area (Å²) in [5.41, 5.74) is -2.23. The summed E-state index contributed by atoms with van der Waals surface area (Å²) in [6.45, 7) is 5.65. The van der Waals surface area contributed by atoms with Crippen molar-refractivity contribution in [1.82, 2.24) is 0 Å². The van der Waals surface area contributed by atoms with Gasteiger partial charge in [-0.3, -0.25) is 0 Å². The summed E-state index contributed by atoms with van der Waals surface area (Å²) in [6, 6.07) is 8.50. The molecule has 0 aromatic heterocycles. The van der Waals surface area contributed by atoms with Gasteiger partial charge in [-0.15, -0.1) is 0 Å². The number of hydrogen-bond donors (Lipinski definition) is 1. The van der Waals surface area contributed by atoms with E-state index in [1.54, 1.807) is 26.0 Å². The molecular formula is C30H37F3O5. The first-order chi connectivity index (χ1) is 18.1. The molecular weight excluding hydrogens is 497 g/mol. The van der Waals surface area contributed by atoms with Crippen LogP contribution in [0.3, 0.4) is 0 Å². The molecule has 0 amide bonds. The number of hydrogen-bond acceptors (Lipinski definition) is 4. The molecule has 1 aliphatic carbocycles. The van der Waals surface area contributed by atoms with E-state index in [1.807, 2.05) is 6.92 Å². The Morgan fingerprint density at radius 1 is 1.00 bits per heavy atom. The highest BCUT2D eigenvalue weighted by Crippen LogP contribution is 2.45. The van der Waals surface area contributed by atoms with Gasteiger partial charge >= 0.3 is 11.9 Å². The molecule has 2 aromatic rings. The molecule has 1 N–H and O–H groups in total. The Balaban J connectivity index is 1.68. The number of carboxylic acids is 1. The second kappa shape index (κ2) is 13.2. The molecule has 0 bridgehead atoms. The lowest BCUT2D eigenvalue weighted by molar-refractivity contribution is -0.162. The van der Waals surface area contributed by atoms with Crippen molar-refractivity contribution in [2.75, 3.05) is 6.61 Å². The van der Waals surface area contributed by atoms with Gasteiger partial charge in [-0.1, -0.05) is 65.0 Å². The van der Waals surface area contributed by atoms with Crippen molar-refractivity contribution in [3.05, 3.63) is 59.2 Å². The summed E-state index contributed by atoms with van der Waals surface area (Å²) < 4.78 is 55.5. The van der Waals surface area contributed by atoms with Crippen LogP contribution in [0.5, 0.6) is 11.5 Å². The van der Waals surface area contributed by atoms with Gasteiger partial charge in [-0.2, -0.15) is 4.39 Å². The number of halogens is 3. The van der Waals surface area contributed by atoms with E-state index in [0.717, 1.165) is 38.2 Å². The zero-order valence-corrected chi connectivity index (χ0v) is 22.3. The average molecular weight is 535 g/mol. The minimum absolute atomic E-state index is 0.0929. The first kappa shape index (κ1) is 29.5. The summed E-state index contributed by atoms with van der Waals surface area (Å²) in [7, 11) is 0. The third-order valence-corrected chi connectivity index (χ3v) is 7.83. The van der Waals surface area contributed by atoms with Crippen LogP contribution in [0.15, 0.2) is 36.4 Å². The lowest BCUT2D eigenvalue weighted by Crippen LogP contribution is -2.49. The number of benzene rings is 2. The summed E-state index contributed by atoms with van der Waals surface area (Å²) >= 11 is 0. The van der Waals surface area contributed by atoms with Crippen LogP contribution in [0, 0.1) is 23.5 Å². The smallest absolute Gasteiger partial charge is 0.346 e. The molecule has 38 heavy (non-hydrogen) atoms. The Kier molecular flexibility index (Phi) is 10.2. The molecule has 8 heteroatoms. The van der Waals surface area contributed by atoms with E-state index in [4.69, 9.17) is 9.47 Å². The van der Waals surface area contributed by atoms with Crippen molar-refractivity contribution in [3.8, 4) is 11.5 Å². The third kappa shape index (κ3) is 6.51. The summed E-state index contributed by atoms with van der Waals surface area (Å²) in [5, 5.41) is 9.83. The molecule has 0 saturated heterocycles. The van der Waals surface area contributed by atoms with Gasteiger partial charge in [0.25, 0.3) is 0 Å². The molecule has 3 rings (SSSR count). The van der Waals surface area contributed by atoms with Crippen LogP contribution in [-0.4, -0.2) is 29.3 Å². The molecule has 0 heterocycles. The van der Waals surface area contributed by atoms with Gasteiger partial charge < -0.3 is 14.6 Å². The van der Waals surface area contributed by atoms with E-state index < -0.39 is 52.6 Å². The Labute approximate surface area is 222 Å². The topological polar surface area (TPSA) is 72.8 Å². The first-order valence-electron chi connectivity index (χ1n) is 13.5. The van der Waals surface area contributed by atoms with E-state index in [9.17, 15) is 23.5 Å². The zero-order chi connectivity index (χ0) is 27.9. The van der Waals surface area contributed by atoms with E-state index in [1.165, 1.54) is 18.2 Å². The van der Waals surface area contributed by atoms with Crippen molar-refractivity contribution in [2.45, 2.75) is 83.7 Å². The largest absolute Gasteiger partial charge is 0.490 e. The van der Waals surface area contributed by atoms with Gasteiger partial charge in [0.05, 0.1) is 12.2 Å². The fraction of sp³-hybridized carbons (Fsp3) is 0.533. The van der Waals surface area contributed by atoms with Crippen LogP contribution in [-0.2, 0) is 4.79 Å². The van der Waals surface area contributed by atoms with Crippen molar-refractivity contribution in [3.63, 3.8) is 0 Å². The maximum atomic E-state index is 16.0. The number of esters is 1. The van der Waals surface area contributed by atoms with Crippen LogP contribution < -0.4 is 9.47 Å². The molecule has 208 valence electrons. The molecule has 0 radical (unpaired) electrons. The van der Waals surface area contributed by atoms with E-state index in [0.29, 0.717) is 24.8 Å². The maximum absolute atomic E-state index is 16.0. The van der Waals surface area contributed by atoms with Gasteiger partial charge in [0, 0.05) is 11.8 Å². The van der Waals surface area contributed by atoms with Crippen LogP contribution in [0.1, 0.15) is 94.0 Å². The van der Waals surface area contributed by atoms with Gasteiger partial charge in [0.15, 0.2) is 11.6 Å². The molecule has 1 saturated carbocycles. The van der Waals surface area contributed by atoms with Gasteiger partial charge in [-0.25, -0.2) is 18.4 Å². The SMILES string of the molecule is CCCCCOc1ccc(C(=O)Oc2ccc(C(C)[C@H](C)[C@](F)(C(=O)O)C3CCCCC3)cc2)c(F)c1F. The van der Waals surface area contributed by atoms with Gasteiger partial charge in [0.2, 0.25) is 11.5 Å². The standard InChI is InChI=1S/C30H37F3O5/c1-4-5-9-18-37-25-17-16-24(26(31)27(25)32)28(34)38-23-14-12-21(13-15-23)19(2)20(3)30(33,29(35)36)22-10-7-6-8-11-22/h12-17,19-20,22H,4-11,18H2,1-3H3,(H,35,36)/t19?,20-,30+/m0/s1. The highest BCUT2D eigenvalue weighted by Gasteiger charge is 2.52. The molecule has 5 nitrogen and oxygen atoms in total. The fourth-order valence-electron chi connectivity index (χ4n) is 5.25. The number of unbranched alkanes of at least 4 members (excludes halogenated alkanes) is 2. The number of rotatable bonds is 12. The minimum atomic E-state index is -2.35. The van der Waals surface area contributed by atoms with Crippen molar-refractivity contribution < 1.29 is 37.3 Å². The number of carbonyl (C=O) groups is 2. The molecule has 1 fully saturated rings. The quantitative estimate of drug-likeness (QED) is 0.170. The molecule has 3 atom stereocenters. The lowest BCUT2D eigenvalue weighted by atomic mass is 9.67. The zero-order valence-electron chi connectivity index (χ0n) is 22.3. The third-order valence-electron chi connectivity index (χ3n) is 7.83. The summed E-state index contributed by atoms with van der Waals surface area (Å²) in [4.78, 5) is 24.6. The molecule has 0 spiro atoms. The summed E-state index contributed by atoms with van der Waals surface area (Å²) in [6.07, 6.45) is 6.31. The Morgan fingerprint density at radius 2 is 1.66 bits per heavy atom. The van der Waals surface area contributed by atoms with Crippen LogP contribution in [0.4, 0.5) is 13.2 Å². The van der Waals surface area contributed by atoms with Crippen molar-refractivity contribution >= 4 is 11.9 Å². The van der Waals surface area contributed by atoms with Crippen molar-refractivity contribution in [2.24, 2.45) is 11.8 Å². The minimum Gasteiger partial charge on any atom is -0.490 e. The highest BCUT2D eigenvalue weighted by atomic mass is 19.2. The number of ether oxygens (including phenoxy) is 2. The van der Waals surface area contributed by atoms with Gasteiger partial charge in [0.1, 0.15) is 5.75 Å². The first-order valence-corrected chi connectivity index (χ1v) is 13.5. The predicted octanol–water partition coefficient (Wildman–Crippen LogP) is 7.87. The predicted molar refractivity (Wildman–Crippen MR) is 138 cm³/mol. The number of aliphatic carboxylic acids is 1. The van der Waals surface area contributed by atoms with Gasteiger partial charge in [-0.05, 0) is 55.0 Å². The second-order valence-electron chi connectivity index (χ2n) is 10.2. The monoisotopic (exact) mass is 534 g/mol. The maximum Gasteiger partial charge on any atom is 0.346 e. The number of carbonyl (C=O) groups excluding carboxylic acids is 1. The van der Waals surface area contributed by atoms with Crippen molar-refractivity contribution in [1.29, 1.82) is 0 Å². The van der Waals surface area contributed by atoms with Crippen LogP contribution >= 0.6 is 0 Å². The average Bonchev–Trinajstić information content (AvgIpc) is 2.92. The summed E-state index contributed by atoms with van der Waals surface area (Å²) in [5.74, 6) is -7.03. The number of carboxylic acid groups (broad SMARTS) is 1. The normalized spacial score (nSPS) is 17.3. The Morgan fingerprint density at radius 3 is 2.26 bits per heavy atom.